The van der Waals surface area contributed by atoms with Crippen LogP contribution in [0, 0.1) is 17.8 Å². The van der Waals surface area contributed by atoms with Gasteiger partial charge < -0.3 is 14.7 Å². The summed E-state index contributed by atoms with van der Waals surface area (Å²) < 4.78 is 49.7. The zero-order chi connectivity index (χ0) is 32.1. The van der Waals surface area contributed by atoms with Gasteiger partial charge in [-0.05, 0) is 105 Å². The molecule has 2 aromatic carbocycles. The number of amides is 1. The van der Waals surface area contributed by atoms with Gasteiger partial charge in [-0.2, -0.15) is 0 Å². The molecule has 6 rings (SSSR count). The molecule has 2 bridgehead atoms. The summed E-state index contributed by atoms with van der Waals surface area (Å²) in [4.78, 5) is 15.6. The molecule has 1 amide bonds. The zero-order valence-corrected chi connectivity index (χ0v) is 27.5. The predicted molar refractivity (Wildman–Crippen MR) is 175 cm³/mol. The van der Waals surface area contributed by atoms with Crippen molar-refractivity contribution in [2.45, 2.75) is 75.1 Å². The minimum Gasteiger partial charge on any atom is -0.490 e. The quantitative estimate of drug-likeness (QED) is 0.359. The van der Waals surface area contributed by atoms with Gasteiger partial charge in [0, 0.05) is 35.5 Å². The number of hydrogen-bond donors (Lipinski definition) is 2. The lowest BCUT2D eigenvalue weighted by Crippen LogP contribution is -2.52. The summed E-state index contributed by atoms with van der Waals surface area (Å²) in [6, 6.07) is 11.1. The van der Waals surface area contributed by atoms with Crippen LogP contribution in [0.1, 0.15) is 73.9 Å². The van der Waals surface area contributed by atoms with Gasteiger partial charge in [-0.1, -0.05) is 43.3 Å². The Morgan fingerprint density at radius 3 is 2.76 bits per heavy atom. The summed E-state index contributed by atoms with van der Waals surface area (Å²) in [5, 5.41) is 11.7. The van der Waals surface area contributed by atoms with Gasteiger partial charge in [-0.3, -0.25) is 4.79 Å². The minimum atomic E-state index is -4.02. The van der Waals surface area contributed by atoms with E-state index in [1.165, 1.54) is 11.1 Å². The van der Waals surface area contributed by atoms with Crippen LogP contribution >= 0.6 is 11.6 Å². The highest BCUT2D eigenvalue weighted by molar-refractivity contribution is 7.90. The molecule has 1 saturated carbocycles. The second-order valence-electron chi connectivity index (χ2n) is 13.7. The maximum atomic E-state index is 14.4. The van der Waals surface area contributed by atoms with Crippen LogP contribution < -0.4 is 14.4 Å². The summed E-state index contributed by atoms with van der Waals surface area (Å²) in [6.07, 6.45) is 7.90. The van der Waals surface area contributed by atoms with Crippen molar-refractivity contribution in [3.05, 3.63) is 82.7 Å². The predicted octanol–water partition coefficient (Wildman–Crippen LogP) is 6.49. The van der Waals surface area contributed by atoms with Gasteiger partial charge in [-0.15, -0.1) is 0 Å². The molecule has 2 heterocycles. The molecular formula is C35H42ClFN2O5S. The highest BCUT2D eigenvalue weighted by Gasteiger charge is 2.48. The van der Waals surface area contributed by atoms with E-state index in [-0.39, 0.29) is 35.2 Å². The number of fused-ring (bicyclic) bond motifs is 4. The molecule has 0 unspecified atom stereocenters. The van der Waals surface area contributed by atoms with Gasteiger partial charge in [0.15, 0.2) is 0 Å². The highest BCUT2D eigenvalue weighted by Crippen LogP contribution is 2.49. The number of allylic oxidation sites excluding steroid dienone is 1. The van der Waals surface area contributed by atoms with Crippen LogP contribution in [0.3, 0.4) is 0 Å². The molecule has 4 aliphatic rings. The van der Waals surface area contributed by atoms with Crippen LogP contribution in [-0.2, 0) is 21.9 Å². The monoisotopic (exact) mass is 656 g/mol. The van der Waals surface area contributed by atoms with E-state index in [9.17, 15) is 22.7 Å². The molecule has 10 heteroatoms. The molecule has 0 aromatic heterocycles. The summed E-state index contributed by atoms with van der Waals surface area (Å²) in [6.45, 7) is 8.39. The van der Waals surface area contributed by atoms with Crippen LogP contribution in [0.5, 0.6) is 5.75 Å². The third-order valence-corrected chi connectivity index (χ3v) is 12.9. The first kappa shape index (κ1) is 32.1. The largest absolute Gasteiger partial charge is 0.490 e. The Labute approximate surface area is 270 Å². The first-order chi connectivity index (χ1) is 21.3. The van der Waals surface area contributed by atoms with Crippen LogP contribution in [0.25, 0.3) is 0 Å². The summed E-state index contributed by atoms with van der Waals surface area (Å²) in [7, 11) is -4.02. The van der Waals surface area contributed by atoms with E-state index in [4.69, 9.17) is 16.3 Å². The molecule has 1 fully saturated rings. The van der Waals surface area contributed by atoms with Crippen molar-refractivity contribution in [1.82, 2.24) is 4.72 Å². The van der Waals surface area contributed by atoms with Gasteiger partial charge in [0.1, 0.15) is 5.75 Å². The third-order valence-electron chi connectivity index (χ3n) is 10.7. The van der Waals surface area contributed by atoms with E-state index in [2.05, 4.69) is 22.3 Å². The molecule has 2 aliphatic heterocycles. The van der Waals surface area contributed by atoms with Gasteiger partial charge in [0.05, 0.1) is 29.0 Å². The van der Waals surface area contributed by atoms with E-state index in [0.29, 0.717) is 42.6 Å². The van der Waals surface area contributed by atoms with Crippen molar-refractivity contribution >= 4 is 33.2 Å². The minimum absolute atomic E-state index is 0.0393. The molecule has 2 aliphatic carbocycles. The highest BCUT2D eigenvalue weighted by atomic mass is 35.5. The molecule has 242 valence electrons. The van der Waals surface area contributed by atoms with Gasteiger partial charge in [-0.25, -0.2) is 17.5 Å². The number of nitrogens with one attached hydrogen (secondary N) is 1. The Bertz CT molecular complexity index is 1650. The number of ether oxygens (including phenoxy) is 1. The Balaban J connectivity index is 1.46. The van der Waals surface area contributed by atoms with Crippen molar-refractivity contribution in [2.75, 3.05) is 24.6 Å². The summed E-state index contributed by atoms with van der Waals surface area (Å²) in [5.74, 6) is -1.22. The smallest absolute Gasteiger partial charge is 0.264 e. The fourth-order valence-corrected chi connectivity index (χ4v) is 9.35. The number of halogens is 2. The lowest BCUT2D eigenvalue weighted by Gasteiger charge is -2.49. The van der Waals surface area contributed by atoms with Gasteiger partial charge in [0.2, 0.25) is 10.0 Å². The SMILES string of the molecule is C=C(F)C[C@@]1(O)/C=C\C[C@H](C)[C@@H](C)S(=O)(=O)NC(=O)c2ccc3c(c2)N(C[C@@H]2CC[C@H]21)C[C@@]1(CCCc2cc(Cl)ccc21)CO3. The number of sulfonamides is 1. The normalized spacial score (nSPS) is 33.4. The zero-order valence-electron chi connectivity index (χ0n) is 25.9. The molecule has 2 aromatic rings. The molecule has 45 heavy (non-hydrogen) atoms. The standard InChI is InChI=1S/C35H42ClFN2O5S/c1-22-6-4-15-35(41,18-23(2)37)30-11-8-27(30)19-39-20-34(14-5-7-25-16-28(36)10-12-29(25)34)21-44-32-13-9-26(17-31(32)39)33(40)38-45(42,43)24(22)3/h4,9-10,12-13,15-17,22,24,27,30,41H,2,5-8,11,14,18-21H2,1,3H3,(H,38,40)/b15-4-/t22-,24+,27-,30+,34-,35-/m0/s1. The molecule has 1 spiro atoms. The molecule has 2 N–H and O–H groups in total. The number of aryl methyl sites for hydroxylation is 1. The lowest BCUT2D eigenvalue weighted by molar-refractivity contribution is -0.0473. The number of aliphatic hydroxyl groups is 1. The van der Waals surface area contributed by atoms with Crippen molar-refractivity contribution < 1.29 is 27.4 Å². The number of anilines is 1. The Hall–Kier alpha value is -2.88. The summed E-state index contributed by atoms with van der Waals surface area (Å²) >= 11 is 6.39. The van der Waals surface area contributed by atoms with Gasteiger partial charge >= 0.3 is 0 Å². The number of nitrogens with zero attached hydrogens (tertiary/aromatic N) is 1. The number of rotatable bonds is 2. The average Bonchev–Trinajstić information content (AvgIpc) is 3.10. The number of hydrogen-bond acceptors (Lipinski definition) is 6. The second kappa shape index (κ2) is 12.0. The van der Waals surface area contributed by atoms with E-state index in [1.807, 2.05) is 12.1 Å². The van der Waals surface area contributed by atoms with Crippen molar-refractivity contribution in [3.8, 4) is 5.75 Å². The van der Waals surface area contributed by atoms with E-state index in [0.717, 1.165) is 32.1 Å². The maximum Gasteiger partial charge on any atom is 0.264 e. The van der Waals surface area contributed by atoms with E-state index >= 15 is 0 Å². The third kappa shape index (κ3) is 6.15. The molecule has 6 atom stereocenters. The van der Waals surface area contributed by atoms with Crippen molar-refractivity contribution in [3.63, 3.8) is 0 Å². The van der Waals surface area contributed by atoms with Crippen LogP contribution in [0.15, 0.2) is 61.0 Å². The first-order valence-electron chi connectivity index (χ1n) is 15.9. The lowest BCUT2D eigenvalue weighted by atomic mass is 9.63. The Morgan fingerprint density at radius 1 is 1.22 bits per heavy atom. The van der Waals surface area contributed by atoms with E-state index < -0.39 is 32.6 Å². The summed E-state index contributed by atoms with van der Waals surface area (Å²) in [5.41, 5.74) is 1.52. The van der Waals surface area contributed by atoms with Crippen LogP contribution in [0.4, 0.5) is 10.1 Å². The molecule has 0 saturated heterocycles. The van der Waals surface area contributed by atoms with Crippen molar-refractivity contribution in [2.24, 2.45) is 17.8 Å². The fraction of sp³-hybridized carbons (Fsp3) is 0.514. The fourth-order valence-electron chi connectivity index (χ4n) is 7.87. The Kier molecular flexibility index (Phi) is 8.59. The maximum absolute atomic E-state index is 14.4. The number of carbonyl (C=O) groups excluding carboxylic acids is 1. The van der Waals surface area contributed by atoms with Gasteiger partial charge in [0.25, 0.3) is 5.91 Å². The average molecular weight is 657 g/mol. The second-order valence-corrected chi connectivity index (χ2v) is 16.2. The van der Waals surface area contributed by atoms with Crippen molar-refractivity contribution in [1.29, 1.82) is 0 Å². The molecule has 7 nitrogen and oxygen atoms in total. The van der Waals surface area contributed by atoms with E-state index in [1.54, 1.807) is 44.2 Å². The number of benzene rings is 2. The van der Waals surface area contributed by atoms with Crippen LogP contribution in [-0.4, -0.2) is 50.0 Å². The first-order valence-corrected chi connectivity index (χ1v) is 17.8. The van der Waals surface area contributed by atoms with Crippen LogP contribution in [0.2, 0.25) is 5.02 Å². The topological polar surface area (TPSA) is 95.9 Å². The number of carbonyl (C=O) groups is 1. The molecular weight excluding hydrogens is 615 g/mol. The Morgan fingerprint density at radius 2 is 2.02 bits per heavy atom. The molecule has 0 radical (unpaired) electrons.